The molecule has 1 aliphatic rings. The number of hydrogen-bond acceptors (Lipinski definition) is 4. The van der Waals surface area contributed by atoms with Crippen molar-refractivity contribution in [1.29, 1.82) is 0 Å². The van der Waals surface area contributed by atoms with Crippen LogP contribution in [0, 0.1) is 0 Å². The largest absolute Gasteiger partial charge is 0.486 e. The van der Waals surface area contributed by atoms with Crippen LogP contribution >= 0.6 is 0 Å². The normalized spacial score (nSPS) is 14.3. The SMILES string of the molecule is CCC(C)NC(=O)C(=O)Nc1ccc2c(c1)OCCO2. The van der Waals surface area contributed by atoms with Crippen LogP contribution in [0.25, 0.3) is 0 Å². The molecule has 6 nitrogen and oxygen atoms in total. The fourth-order valence-corrected chi connectivity index (χ4v) is 1.70. The number of fused-ring (bicyclic) bond motifs is 1. The number of nitrogens with one attached hydrogen (secondary N) is 2. The predicted molar refractivity (Wildman–Crippen MR) is 74.0 cm³/mol. The Labute approximate surface area is 117 Å². The summed E-state index contributed by atoms with van der Waals surface area (Å²) < 4.78 is 10.8. The molecular weight excluding hydrogens is 260 g/mol. The van der Waals surface area contributed by atoms with Crippen LogP contribution in [0.3, 0.4) is 0 Å². The first-order valence-corrected chi connectivity index (χ1v) is 6.61. The third-order valence-electron chi connectivity index (χ3n) is 3.00. The van der Waals surface area contributed by atoms with Crippen molar-refractivity contribution in [2.75, 3.05) is 18.5 Å². The Kier molecular flexibility index (Phi) is 4.45. The third-order valence-corrected chi connectivity index (χ3v) is 3.00. The molecule has 1 aromatic rings. The summed E-state index contributed by atoms with van der Waals surface area (Å²) in [6.07, 6.45) is 0.767. The summed E-state index contributed by atoms with van der Waals surface area (Å²) in [5.41, 5.74) is 0.499. The molecule has 2 N–H and O–H groups in total. The van der Waals surface area contributed by atoms with Gasteiger partial charge in [0.25, 0.3) is 0 Å². The van der Waals surface area contributed by atoms with E-state index in [1.807, 2.05) is 13.8 Å². The molecule has 20 heavy (non-hydrogen) atoms. The summed E-state index contributed by atoms with van der Waals surface area (Å²) in [6, 6.07) is 4.98. The van der Waals surface area contributed by atoms with Crippen LogP contribution in [0.2, 0.25) is 0 Å². The minimum atomic E-state index is -0.693. The molecule has 0 aromatic heterocycles. The smallest absolute Gasteiger partial charge is 0.313 e. The van der Waals surface area contributed by atoms with Crippen molar-refractivity contribution >= 4 is 17.5 Å². The lowest BCUT2D eigenvalue weighted by molar-refractivity contribution is -0.136. The van der Waals surface area contributed by atoms with Gasteiger partial charge in [-0.25, -0.2) is 0 Å². The molecule has 6 heteroatoms. The summed E-state index contributed by atoms with van der Waals surface area (Å²) in [4.78, 5) is 23.4. The maximum atomic E-state index is 11.7. The van der Waals surface area contributed by atoms with Crippen LogP contribution in [-0.4, -0.2) is 31.1 Å². The van der Waals surface area contributed by atoms with Crippen LogP contribution in [0.5, 0.6) is 11.5 Å². The first kappa shape index (κ1) is 14.2. The second-order valence-electron chi connectivity index (χ2n) is 4.60. The zero-order valence-corrected chi connectivity index (χ0v) is 11.6. The van der Waals surface area contributed by atoms with Crippen molar-refractivity contribution in [3.8, 4) is 11.5 Å². The van der Waals surface area contributed by atoms with Gasteiger partial charge in [0.1, 0.15) is 13.2 Å². The van der Waals surface area contributed by atoms with E-state index in [2.05, 4.69) is 10.6 Å². The lowest BCUT2D eigenvalue weighted by atomic mass is 10.2. The van der Waals surface area contributed by atoms with Gasteiger partial charge in [-0.3, -0.25) is 9.59 Å². The first-order chi connectivity index (χ1) is 9.60. The Morgan fingerprint density at radius 3 is 2.60 bits per heavy atom. The summed E-state index contributed by atoms with van der Waals surface area (Å²) in [5.74, 6) is -0.133. The monoisotopic (exact) mass is 278 g/mol. The average Bonchev–Trinajstić information content (AvgIpc) is 2.46. The lowest BCUT2D eigenvalue weighted by Crippen LogP contribution is -2.40. The predicted octanol–water partition coefficient (Wildman–Crippen LogP) is 1.31. The first-order valence-electron chi connectivity index (χ1n) is 6.61. The van der Waals surface area contributed by atoms with Crippen molar-refractivity contribution < 1.29 is 19.1 Å². The van der Waals surface area contributed by atoms with Crippen LogP contribution in [0.4, 0.5) is 5.69 Å². The standard InChI is InChI=1S/C14H18N2O4/c1-3-9(2)15-13(17)14(18)16-10-4-5-11-12(8-10)20-7-6-19-11/h4-5,8-9H,3,6-7H2,1-2H3,(H,15,17)(H,16,18). The molecule has 2 rings (SSSR count). The highest BCUT2D eigenvalue weighted by molar-refractivity contribution is 6.39. The van der Waals surface area contributed by atoms with E-state index in [9.17, 15) is 9.59 Å². The number of carbonyl (C=O) groups is 2. The number of benzene rings is 1. The van der Waals surface area contributed by atoms with Gasteiger partial charge >= 0.3 is 11.8 Å². The topological polar surface area (TPSA) is 76.7 Å². The van der Waals surface area contributed by atoms with Gasteiger partial charge in [0, 0.05) is 17.8 Å². The zero-order chi connectivity index (χ0) is 14.5. The lowest BCUT2D eigenvalue weighted by Gasteiger charge is -2.19. The van der Waals surface area contributed by atoms with E-state index in [4.69, 9.17) is 9.47 Å². The van der Waals surface area contributed by atoms with Crippen molar-refractivity contribution in [1.82, 2.24) is 5.32 Å². The number of anilines is 1. The van der Waals surface area contributed by atoms with E-state index in [-0.39, 0.29) is 6.04 Å². The number of amides is 2. The van der Waals surface area contributed by atoms with Gasteiger partial charge in [-0.2, -0.15) is 0 Å². The van der Waals surface area contributed by atoms with Crippen molar-refractivity contribution in [3.05, 3.63) is 18.2 Å². The van der Waals surface area contributed by atoms with Gasteiger partial charge in [-0.15, -0.1) is 0 Å². The molecule has 1 unspecified atom stereocenters. The fraction of sp³-hybridized carbons (Fsp3) is 0.429. The Hall–Kier alpha value is -2.24. The zero-order valence-electron chi connectivity index (χ0n) is 11.6. The molecule has 2 amide bonds. The van der Waals surface area contributed by atoms with Crippen LogP contribution < -0.4 is 20.1 Å². The van der Waals surface area contributed by atoms with Crippen molar-refractivity contribution in [2.24, 2.45) is 0 Å². The van der Waals surface area contributed by atoms with Crippen molar-refractivity contribution in [3.63, 3.8) is 0 Å². The Balaban J connectivity index is 1.99. The van der Waals surface area contributed by atoms with Gasteiger partial charge in [0.2, 0.25) is 0 Å². The summed E-state index contributed by atoms with van der Waals surface area (Å²) in [6.45, 7) is 4.76. The van der Waals surface area contributed by atoms with Gasteiger partial charge in [-0.1, -0.05) is 6.92 Å². The highest BCUT2D eigenvalue weighted by atomic mass is 16.6. The molecule has 108 valence electrons. The number of rotatable bonds is 3. The van der Waals surface area contributed by atoms with Crippen LogP contribution in [0.1, 0.15) is 20.3 Å². The van der Waals surface area contributed by atoms with E-state index >= 15 is 0 Å². The summed E-state index contributed by atoms with van der Waals surface area (Å²) >= 11 is 0. The Morgan fingerprint density at radius 1 is 1.20 bits per heavy atom. The Bertz CT molecular complexity index is 516. The van der Waals surface area contributed by atoms with Crippen LogP contribution in [0.15, 0.2) is 18.2 Å². The minimum Gasteiger partial charge on any atom is -0.486 e. The summed E-state index contributed by atoms with van der Waals surface area (Å²) in [5, 5.41) is 5.14. The maximum Gasteiger partial charge on any atom is 0.313 e. The highest BCUT2D eigenvalue weighted by Crippen LogP contribution is 2.32. The van der Waals surface area contributed by atoms with Crippen molar-refractivity contribution in [2.45, 2.75) is 26.3 Å². The molecular formula is C14H18N2O4. The summed E-state index contributed by atoms with van der Waals surface area (Å²) in [7, 11) is 0. The Morgan fingerprint density at radius 2 is 1.90 bits per heavy atom. The van der Waals surface area contributed by atoms with Gasteiger partial charge in [0.05, 0.1) is 0 Å². The molecule has 0 aliphatic carbocycles. The quantitative estimate of drug-likeness (QED) is 0.817. The maximum absolute atomic E-state index is 11.7. The average molecular weight is 278 g/mol. The molecule has 1 aliphatic heterocycles. The number of ether oxygens (including phenoxy) is 2. The second kappa shape index (κ2) is 6.27. The molecule has 1 heterocycles. The molecule has 0 fully saturated rings. The van der Waals surface area contributed by atoms with Gasteiger partial charge in [-0.05, 0) is 25.5 Å². The van der Waals surface area contributed by atoms with E-state index < -0.39 is 11.8 Å². The fourth-order valence-electron chi connectivity index (χ4n) is 1.70. The molecule has 0 saturated heterocycles. The molecule has 0 spiro atoms. The van der Waals surface area contributed by atoms with E-state index in [0.717, 1.165) is 6.42 Å². The number of hydrogen-bond donors (Lipinski definition) is 2. The highest BCUT2D eigenvalue weighted by Gasteiger charge is 2.17. The van der Waals surface area contributed by atoms with Gasteiger partial charge in [0.15, 0.2) is 11.5 Å². The minimum absolute atomic E-state index is 0.0338. The molecule has 1 atom stereocenters. The molecule has 0 radical (unpaired) electrons. The van der Waals surface area contributed by atoms with E-state index in [1.165, 1.54) is 0 Å². The third kappa shape index (κ3) is 3.40. The number of carbonyl (C=O) groups excluding carboxylic acids is 2. The van der Waals surface area contributed by atoms with E-state index in [1.54, 1.807) is 18.2 Å². The second-order valence-corrected chi connectivity index (χ2v) is 4.60. The van der Waals surface area contributed by atoms with Crippen LogP contribution in [-0.2, 0) is 9.59 Å². The molecule has 0 saturated carbocycles. The van der Waals surface area contributed by atoms with E-state index in [0.29, 0.717) is 30.4 Å². The molecule has 1 aromatic carbocycles. The molecule has 0 bridgehead atoms. The van der Waals surface area contributed by atoms with Gasteiger partial charge < -0.3 is 20.1 Å².